The van der Waals surface area contributed by atoms with Gasteiger partial charge in [-0.2, -0.15) is 4.21 Å². The fourth-order valence-corrected chi connectivity index (χ4v) is 2.69. The SMILES string of the molecule is O=C(Oc1ccccc1)C1OS(=O)OC1C(=O)Oc1ccccc1. The third-order valence-electron chi connectivity index (χ3n) is 3.03. The summed E-state index contributed by atoms with van der Waals surface area (Å²) < 4.78 is 31.3. The van der Waals surface area contributed by atoms with Crippen LogP contribution in [0.4, 0.5) is 0 Å². The molecule has 2 atom stereocenters. The Hall–Kier alpha value is -2.55. The monoisotopic (exact) mass is 348 g/mol. The zero-order chi connectivity index (χ0) is 16.9. The number of hydrogen-bond donors (Lipinski definition) is 0. The van der Waals surface area contributed by atoms with Crippen molar-refractivity contribution < 1.29 is 31.6 Å². The quantitative estimate of drug-likeness (QED) is 0.612. The third-order valence-corrected chi connectivity index (χ3v) is 3.76. The zero-order valence-corrected chi connectivity index (χ0v) is 13.0. The van der Waals surface area contributed by atoms with Gasteiger partial charge in [0.05, 0.1) is 0 Å². The van der Waals surface area contributed by atoms with Crippen LogP contribution in [0.3, 0.4) is 0 Å². The summed E-state index contributed by atoms with van der Waals surface area (Å²) in [5.74, 6) is -1.28. The Kier molecular flexibility index (Phi) is 4.99. The van der Waals surface area contributed by atoms with Crippen LogP contribution >= 0.6 is 0 Å². The van der Waals surface area contributed by atoms with Gasteiger partial charge in [0, 0.05) is 0 Å². The number of para-hydroxylation sites is 2. The van der Waals surface area contributed by atoms with Gasteiger partial charge in [0.15, 0.2) is 0 Å². The lowest BCUT2D eigenvalue weighted by atomic mass is 10.2. The summed E-state index contributed by atoms with van der Waals surface area (Å²) in [4.78, 5) is 24.3. The second-order valence-electron chi connectivity index (χ2n) is 4.71. The summed E-state index contributed by atoms with van der Waals surface area (Å²) in [7, 11) is 0. The Morgan fingerprint density at radius 2 is 1.12 bits per heavy atom. The molecule has 0 amide bonds. The second-order valence-corrected chi connectivity index (χ2v) is 5.50. The molecule has 0 aromatic heterocycles. The number of esters is 2. The summed E-state index contributed by atoms with van der Waals surface area (Å²) in [5.41, 5.74) is 0. The molecular weight excluding hydrogens is 336 g/mol. The Labute approximate surface area is 140 Å². The van der Waals surface area contributed by atoms with Crippen molar-refractivity contribution in [2.45, 2.75) is 12.2 Å². The summed E-state index contributed by atoms with van der Waals surface area (Å²) in [6, 6.07) is 16.4. The molecule has 24 heavy (non-hydrogen) atoms. The maximum absolute atomic E-state index is 12.2. The molecule has 0 radical (unpaired) electrons. The molecule has 2 aromatic carbocycles. The van der Waals surface area contributed by atoms with E-state index in [0.717, 1.165) is 0 Å². The third kappa shape index (κ3) is 3.85. The van der Waals surface area contributed by atoms with E-state index in [0.29, 0.717) is 0 Å². The molecule has 7 nitrogen and oxygen atoms in total. The molecule has 2 aromatic rings. The molecule has 0 N–H and O–H groups in total. The minimum atomic E-state index is -2.24. The molecule has 3 rings (SSSR count). The lowest BCUT2D eigenvalue weighted by molar-refractivity contribution is -0.153. The van der Waals surface area contributed by atoms with E-state index in [1.165, 1.54) is 0 Å². The van der Waals surface area contributed by atoms with Crippen LogP contribution in [0, 0.1) is 0 Å². The molecule has 1 saturated heterocycles. The topological polar surface area (TPSA) is 88.1 Å². The highest BCUT2D eigenvalue weighted by Gasteiger charge is 2.47. The van der Waals surface area contributed by atoms with Gasteiger partial charge in [-0.05, 0) is 24.3 Å². The molecular formula is C16H12O7S. The minimum Gasteiger partial charge on any atom is -0.424 e. The molecule has 0 spiro atoms. The van der Waals surface area contributed by atoms with E-state index in [2.05, 4.69) is 0 Å². The van der Waals surface area contributed by atoms with Crippen LogP contribution in [0.25, 0.3) is 0 Å². The van der Waals surface area contributed by atoms with Crippen LogP contribution < -0.4 is 9.47 Å². The lowest BCUT2D eigenvalue weighted by Gasteiger charge is -2.13. The zero-order valence-electron chi connectivity index (χ0n) is 12.2. The van der Waals surface area contributed by atoms with Crippen molar-refractivity contribution in [1.82, 2.24) is 0 Å². The largest absolute Gasteiger partial charge is 0.424 e. The predicted molar refractivity (Wildman–Crippen MR) is 82.0 cm³/mol. The average molecular weight is 348 g/mol. The first-order valence-electron chi connectivity index (χ1n) is 6.93. The number of carbonyl (C=O) groups excluding carboxylic acids is 2. The number of ether oxygens (including phenoxy) is 2. The lowest BCUT2D eigenvalue weighted by Crippen LogP contribution is -2.41. The number of benzene rings is 2. The van der Waals surface area contributed by atoms with Gasteiger partial charge in [-0.15, -0.1) is 0 Å². The molecule has 1 heterocycles. The number of carbonyl (C=O) groups is 2. The van der Waals surface area contributed by atoms with Crippen LogP contribution in [0.5, 0.6) is 11.5 Å². The van der Waals surface area contributed by atoms with Gasteiger partial charge >= 0.3 is 23.3 Å². The molecule has 1 aliphatic heterocycles. The van der Waals surface area contributed by atoms with E-state index in [1.54, 1.807) is 60.7 Å². The van der Waals surface area contributed by atoms with Crippen molar-refractivity contribution in [1.29, 1.82) is 0 Å². The number of hydrogen-bond acceptors (Lipinski definition) is 7. The van der Waals surface area contributed by atoms with E-state index in [4.69, 9.17) is 17.8 Å². The number of rotatable bonds is 4. The van der Waals surface area contributed by atoms with Crippen molar-refractivity contribution in [3.8, 4) is 11.5 Å². The smallest absolute Gasteiger partial charge is 0.345 e. The molecule has 8 heteroatoms. The molecule has 1 aliphatic rings. The Morgan fingerprint density at radius 3 is 1.50 bits per heavy atom. The van der Waals surface area contributed by atoms with Gasteiger partial charge in [-0.3, -0.25) is 0 Å². The van der Waals surface area contributed by atoms with E-state index in [-0.39, 0.29) is 11.5 Å². The Morgan fingerprint density at radius 1 is 0.750 bits per heavy atom. The van der Waals surface area contributed by atoms with E-state index < -0.39 is 35.5 Å². The van der Waals surface area contributed by atoms with Crippen molar-refractivity contribution in [2.24, 2.45) is 0 Å². The van der Waals surface area contributed by atoms with Crippen molar-refractivity contribution >= 4 is 23.3 Å². The predicted octanol–water partition coefficient (Wildman–Crippen LogP) is 1.56. The van der Waals surface area contributed by atoms with Gasteiger partial charge in [-0.1, -0.05) is 36.4 Å². The van der Waals surface area contributed by atoms with Gasteiger partial charge in [0.25, 0.3) is 0 Å². The first-order chi connectivity index (χ1) is 11.6. The molecule has 1 fully saturated rings. The van der Waals surface area contributed by atoms with Crippen LogP contribution in [0.1, 0.15) is 0 Å². The Balaban J connectivity index is 1.70. The maximum Gasteiger partial charge on any atom is 0.345 e. The van der Waals surface area contributed by atoms with Crippen molar-refractivity contribution in [3.63, 3.8) is 0 Å². The summed E-state index contributed by atoms with van der Waals surface area (Å²) in [6.45, 7) is 0. The molecule has 2 unspecified atom stereocenters. The first-order valence-corrected chi connectivity index (χ1v) is 7.93. The van der Waals surface area contributed by atoms with E-state index in [1.807, 2.05) is 0 Å². The van der Waals surface area contributed by atoms with E-state index in [9.17, 15) is 13.8 Å². The molecule has 0 bridgehead atoms. The highest BCUT2D eigenvalue weighted by Crippen LogP contribution is 2.22. The maximum atomic E-state index is 12.2. The van der Waals surface area contributed by atoms with Crippen LogP contribution in [0.15, 0.2) is 60.7 Å². The van der Waals surface area contributed by atoms with Crippen LogP contribution in [0.2, 0.25) is 0 Å². The fourth-order valence-electron chi connectivity index (χ4n) is 1.94. The van der Waals surface area contributed by atoms with Gasteiger partial charge in [0.1, 0.15) is 11.5 Å². The van der Waals surface area contributed by atoms with Crippen LogP contribution in [-0.4, -0.2) is 28.4 Å². The van der Waals surface area contributed by atoms with Crippen LogP contribution in [-0.2, 0) is 29.3 Å². The molecule has 0 saturated carbocycles. The molecule has 124 valence electrons. The molecule has 0 aliphatic carbocycles. The standard InChI is InChI=1S/C16H12O7S/c17-15(20-11-7-3-1-4-8-11)13-14(23-24(19)22-13)16(18)21-12-9-5-2-6-10-12/h1-10,13-14H. The normalized spacial score (nSPS) is 22.8. The highest BCUT2D eigenvalue weighted by atomic mass is 32.2. The summed E-state index contributed by atoms with van der Waals surface area (Å²) in [6.07, 6.45) is -2.97. The highest BCUT2D eigenvalue weighted by molar-refractivity contribution is 7.75. The first kappa shape index (κ1) is 16.3. The van der Waals surface area contributed by atoms with Gasteiger partial charge < -0.3 is 9.47 Å². The van der Waals surface area contributed by atoms with E-state index >= 15 is 0 Å². The minimum absolute atomic E-state index is 0.263. The van der Waals surface area contributed by atoms with Crippen molar-refractivity contribution in [3.05, 3.63) is 60.7 Å². The van der Waals surface area contributed by atoms with Gasteiger partial charge in [0.2, 0.25) is 12.2 Å². The Bertz CT molecular complexity index is 684. The van der Waals surface area contributed by atoms with Crippen molar-refractivity contribution in [2.75, 3.05) is 0 Å². The fraction of sp³-hybridized carbons (Fsp3) is 0.125. The average Bonchev–Trinajstić information content (AvgIpc) is 2.99. The second kappa shape index (κ2) is 7.35. The summed E-state index contributed by atoms with van der Waals surface area (Å²) >= 11 is -2.24. The summed E-state index contributed by atoms with van der Waals surface area (Å²) in [5, 5.41) is 0. The van der Waals surface area contributed by atoms with Gasteiger partial charge in [-0.25, -0.2) is 18.0 Å².